The van der Waals surface area contributed by atoms with E-state index in [1.54, 1.807) is 17.5 Å². The van der Waals surface area contributed by atoms with E-state index >= 15 is 0 Å². The molecule has 0 saturated heterocycles. The summed E-state index contributed by atoms with van der Waals surface area (Å²) < 4.78 is 0. The highest BCUT2D eigenvalue weighted by Crippen LogP contribution is 2.22. The van der Waals surface area contributed by atoms with Crippen molar-refractivity contribution in [1.29, 1.82) is 0 Å². The van der Waals surface area contributed by atoms with Gasteiger partial charge in [-0.25, -0.2) is 4.98 Å². The maximum atomic E-state index is 12.4. The van der Waals surface area contributed by atoms with Gasteiger partial charge in [-0.15, -0.1) is 11.3 Å². The maximum Gasteiger partial charge on any atom is 0.251 e. The van der Waals surface area contributed by atoms with Crippen LogP contribution in [0.2, 0.25) is 0 Å². The van der Waals surface area contributed by atoms with E-state index in [9.17, 15) is 4.79 Å². The molecular weight excluding hydrogens is 356 g/mol. The smallest absolute Gasteiger partial charge is 0.251 e. The molecule has 0 unspecified atom stereocenters. The van der Waals surface area contributed by atoms with E-state index in [0.29, 0.717) is 18.0 Å². The van der Waals surface area contributed by atoms with Crippen LogP contribution in [0.15, 0.2) is 35.8 Å². The molecule has 5 nitrogen and oxygen atoms in total. The van der Waals surface area contributed by atoms with Crippen LogP contribution in [0.25, 0.3) is 11.3 Å². The number of nitrogens with one attached hydrogen (secondary N) is 1. The zero-order chi connectivity index (χ0) is 19.4. The lowest BCUT2D eigenvalue weighted by Crippen LogP contribution is -2.25. The molecule has 0 aliphatic carbocycles. The van der Waals surface area contributed by atoms with Crippen molar-refractivity contribution >= 4 is 17.2 Å². The molecule has 0 aliphatic rings. The van der Waals surface area contributed by atoms with Crippen LogP contribution in [0.3, 0.4) is 0 Å². The van der Waals surface area contributed by atoms with Crippen LogP contribution in [0.5, 0.6) is 0 Å². The summed E-state index contributed by atoms with van der Waals surface area (Å²) in [6.07, 6.45) is 2.50. The van der Waals surface area contributed by atoms with Gasteiger partial charge < -0.3 is 5.32 Å². The average molecular weight is 381 g/mol. The number of carbonyl (C=O) groups excluding carboxylic acids is 1. The molecule has 27 heavy (non-hydrogen) atoms. The van der Waals surface area contributed by atoms with Gasteiger partial charge in [0, 0.05) is 35.4 Å². The van der Waals surface area contributed by atoms with E-state index in [2.05, 4.69) is 39.7 Å². The highest BCUT2D eigenvalue weighted by atomic mass is 32.1. The largest absolute Gasteiger partial charge is 0.352 e. The number of benzene rings is 1. The van der Waals surface area contributed by atoms with Crippen LogP contribution in [0.1, 0.15) is 52.0 Å². The Balaban J connectivity index is 1.59. The first kappa shape index (κ1) is 19.2. The lowest BCUT2D eigenvalue weighted by atomic mass is 10.0. The number of nitrogens with zero attached hydrogens (tertiary/aromatic N) is 3. The summed E-state index contributed by atoms with van der Waals surface area (Å²) in [7, 11) is 0. The van der Waals surface area contributed by atoms with Gasteiger partial charge in [-0.3, -0.25) is 4.79 Å². The summed E-state index contributed by atoms with van der Waals surface area (Å²) in [5.74, 6) is 0.367. The van der Waals surface area contributed by atoms with Gasteiger partial charge in [-0.1, -0.05) is 26.0 Å². The fraction of sp³-hybridized carbons (Fsp3) is 0.333. The van der Waals surface area contributed by atoms with Crippen molar-refractivity contribution in [3.8, 4) is 11.3 Å². The minimum absolute atomic E-state index is 0.0760. The van der Waals surface area contributed by atoms with Gasteiger partial charge in [-0.05, 0) is 37.1 Å². The number of thiazole rings is 1. The van der Waals surface area contributed by atoms with Crippen LogP contribution in [-0.2, 0) is 6.42 Å². The van der Waals surface area contributed by atoms with E-state index in [4.69, 9.17) is 0 Å². The first-order chi connectivity index (χ1) is 13.0. The second kappa shape index (κ2) is 8.39. The summed E-state index contributed by atoms with van der Waals surface area (Å²) in [5, 5.41) is 14.4. The van der Waals surface area contributed by atoms with Crippen LogP contribution in [0.4, 0.5) is 0 Å². The van der Waals surface area contributed by atoms with Gasteiger partial charge in [0.05, 0.1) is 22.6 Å². The van der Waals surface area contributed by atoms with Crippen LogP contribution in [-0.4, -0.2) is 27.6 Å². The zero-order valence-corrected chi connectivity index (χ0v) is 16.9. The third-order valence-corrected chi connectivity index (χ3v) is 5.70. The van der Waals surface area contributed by atoms with Crippen molar-refractivity contribution in [2.75, 3.05) is 6.54 Å². The molecule has 0 fully saturated rings. The molecule has 1 amide bonds. The van der Waals surface area contributed by atoms with Gasteiger partial charge in [0.15, 0.2) is 0 Å². The Hall–Kier alpha value is -2.60. The molecule has 2 aromatic heterocycles. The van der Waals surface area contributed by atoms with Gasteiger partial charge in [0.25, 0.3) is 5.91 Å². The van der Waals surface area contributed by atoms with Gasteiger partial charge in [-0.2, -0.15) is 10.2 Å². The number of amides is 1. The van der Waals surface area contributed by atoms with Crippen molar-refractivity contribution < 1.29 is 4.79 Å². The van der Waals surface area contributed by atoms with E-state index in [-0.39, 0.29) is 5.91 Å². The van der Waals surface area contributed by atoms with Crippen LogP contribution >= 0.6 is 11.3 Å². The van der Waals surface area contributed by atoms with Gasteiger partial charge in [0.2, 0.25) is 0 Å². The van der Waals surface area contributed by atoms with Crippen molar-refractivity contribution in [3.63, 3.8) is 0 Å². The normalized spacial score (nSPS) is 11.0. The molecule has 0 spiro atoms. The van der Waals surface area contributed by atoms with Crippen LogP contribution < -0.4 is 5.32 Å². The van der Waals surface area contributed by atoms with Crippen molar-refractivity contribution in [3.05, 3.63) is 63.2 Å². The first-order valence-corrected chi connectivity index (χ1v) is 9.95. The molecule has 0 saturated carbocycles. The lowest BCUT2D eigenvalue weighted by molar-refractivity contribution is 0.0954. The fourth-order valence-corrected chi connectivity index (χ4v) is 3.56. The molecule has 0 atom stereocenters. The minimum Gasteiger partial charge on any atom is -0.352 e. The molecule has 1 aromatic carbocycles. The molecule has 1 N–H and O–H groups in total. The molecule has 3 aromatic rings. The predicted octanol–water partition coefficient (Wildman–Crippen LogP) is 4.31. The SMILES string of the molecule is Cc1cnnc(-c2ccc(C(=O)NCCc3csc(C(C)C)n3)cc2)c1C. The zero-order valence-electron chi connectivity index (χ0n) is 16.1. The Morgan fingerprint density at radius 3 is 2.59 bits per heavy atom. The molecule has 0 radical (unpaired) electrons. The molecule has 140 valence electrons. The Labute approximate surface area is 163 Å². The van der Waals surface area contributed by atoms with Gasteiger partial charge >= 0.3 is 0 Å². The maximum absolute atomic E-state index is 12.4. The van der Waals surface area contributed by atoms with Gasteiger partial charge in [0.1, 0.15) is 0 Å². The Morgan fingerprint density at radius 1 is 1.19 bits per heavy atom. The summed E-state index contributed by atoms with van der Waals surface area (Å²) in [4.78, 5) is 17.0. The lowest BCUT2D eigenvalue weighted by Gasteiger charge is -2.08. The highest BCUT2D eigenvalue weighted by molar-refractivity contribution is 7.09. The van der Waals surface area contributed by atoms with E-state index < -0.39 is 0 Å². The minimum atomic E-state index is -0.0760. The van der Waals surface area contributed by atoms with Crippen LogP contribution in [0, 0.1) is 13.8 Å². The Kier molecular flexibility index (Phi) is 5.96. The summed E-state index contributed by atoms with van der Waals surface area (Å²) >= 11 is 1.68. The second-order valence-corrected chi connectivity index (χ2v) is 7.81. The summed E-state index contributed by atoms with van der Waals surface area (Å²) in [6.45, 7) is 8.89. The average Bonchev–Trinajstić information content (AvgIpc) is 3.13. The molecule has 0 bridgehead atoms. The molecular formula is C21H24N4OS. The predicted molar refractivity (Wildman–Crippen MR) is 109 cm³/mol. The second-order valence-electron chi connectivity index (χ2n) is 6.92. The Morgan fingerprint density at radius 2 is 1.93 bits per heavy atom. The van der Waals surface area contributed by atoms with E-state index in [1.165, 1.54) is 0 Å². The van der Waals surface area contributed by atoms with E-state index in [0.717, 1.165) is 39.5 Å². The standard InChI is InChI=1S/C21H24N4OS/c1-13(2)21-24-18(12-27-21)9-10-22-20(26)17-7-5-16(6-8-17)19-15(4)14(3)11-23-25-19/h5-8,11-13H,9-10H2,1-4H3,(H,22,26). The summed E-state index contributed by atoms with van der Waals surface area (Å²) in [6, 6.07) is 7.49. The van der Waals surface area contributed by atoms with Crippen molar-refractivity contribution in [1.82, 2.24) is 20.5 Å². The Bertz CT molecular complexity index is 932. The number of hydrogen-bond acceptors (Lipinski definition) is 5. The number of aryl methyl sites for hydroxylation is 1. The molecule has 2 heterocycles. The highest BCUT2D eigenvalue weighted by Gasteiger charge is 2.10. The summed E-state index contributed by atoms with van der Waals surface area (Å²) in [5.41, 5.74) is 5.69. The topological polar surface area (TPSA) is 67.8 Å². The van der Waals surface area contributed by atoms with E-state index in [1.807, 2.05) is 38.1 Å². The third kappa shape index (κ3) is 4.57. The fourth-order valence-electron chi connectivity index (χ4n) is 2.69. The molecule has 3 rings (SSSR count). The van der Waals surface area contributed by atoms with Crippen molar-refractivity contribution in [2.24, 2.45) is 0 Å². The number of carbonyl (C=O) groups is 1. The van der Waals surface area contributed by atoms with Crippen molar-refractivity contribution in [2.45, 2.75) is 40.0 Å². The monoisotopic (exact) mass is 380 g/mol. The number of rotatable bonds is 6. The third-order valence-electron chi connectivity index (χ3n) is 4.51. The molecule has 6 heteroatoms. The quantitative estimate of drug-likeness (QED) is 0.692. The first-order valence-electron chi connectivity index (χ1n) is 9.07. The number of aromatic nitrogens is 3. The number of hydrogen-bond donors (Lipinski definition) is 1. The molecule has 0 aliphatic heterocycles.